The lowest BCUT2D eigenvalue weighted by Gasteiger charge is -2.22. The number of nitrogens with zero attached hydrogens (tertiary/aromatic N) is 1. The van der Waals surface area contributed by atoms with Crippen LogP contribution in [0.1, 0.15) is 44.3 Å². The van der Waals surface area contributed by atoms with Crippen LogP contribution in [0.25, 0.3) is 0 Å². The minimum absolute atomic E-state index is 0.0180. The maximum Gasteiger partial charge on any atom is 0.198 e. The summed E-state index contributed by atoms with van der Waals surface area (Å²) in [6, 6.07) is 13.8. The number of phenolic OH excluding ortho intramolecular Hbond substituents is 1. The molecule has 4 rings (SSSR count). The van der Waals surface area contributed by atoms with Crippen LogP contribution in [0.15, 0.2) is 48.5 Å². The normalized spacial score (nSPS) is 12.4. The first-order valence-corrected chi connectivity index (χ1v) is 9.64. The van der Waals surface area contributed by atoms with E-state index in [1.165, 1.54) is 6.07 Å². The number of nitrogens with two attached hydrogens (primary N) is 1. The Kier molecular flexibility index (Phi) is 4.70. The highest BCUT2D eigenvalue weighted by molar-refractivity contribution is 6.31. The summed E-state index contributed by atoms with van der Waals surface area (Å²) in [7, 11) is 3.81. The minimum atomic E-state index is -0.416. The molecule has 6 heteroatoms. The number of aryl methyl sites for hydroxylation is 1. The molecule has 0 atom stereocenters. The van der Waals surface area contributed by atoms with Gasteiger partial charge >= 0.3 is 0 Å². The van der Waals surface area contributed by atoms with Crippen LogP contribution in [0.4, 0.5) is 11.4 Å². The Hall–Kier alpha value is -3.80. The summed E-state index contributed by atoms with van der Waals surface area (Å²) in [5.74, 6) is -0.529. The van der Waals surface area contributed by atoms with Crippen molar-refractivity contribution in [2.75, 3.05) is 24.7 Å². The number of rotatable bonds is 4. The highest BCUT2D eigenvalue weighted by Gasteiger charge is 2.35. The van der Waals surface area contributed by atoms with Crippen molar-refractivity contribution >= 4 is 22.9 Å². The summed E-state index contributed by atoms with van der Waals surface area (Å²) in [5.41, 5.74) is 8.62. The third-order valence-electron chi connectivity index (χ3n) is 5.31. The average molecular weight is 402 g/mol. The van der Waals surface area contributed by atoms with Crippen molar-refractivity contribution in [3.8, 4) is 17.2 Å². The second-order valence-corrected chi connectivity index (χ2v) is 7.44. The predicted molar refractivity (Wildman–Crippen MR) is 116 cm³/mol. The van der Waals surface area contributed by atoms with E-state index in [1.807, 2.05) is 50.2 Å². The molecule has 0 radical (unpaired) electrons. The summed E-state index contributed by atoms with van der Waals surface area (Å²) in [5, 5.41) is 10.6. The van der Waals surface area contributed by atoms with Crippen LogP contribution in [0.3, 0.4) is 0 Å². The van der Waals surface area contributed by atoms with Crippen LogP contribution < -0.4 is 15.4 Å². The third-order valence-corrected chi connectivity index (χ3v) is 5.31. The van der Waals surface area contributed by atoms with Gasteiger partial charge in [-0.3, -0.25) is 9.59 Å². The molecule has 0 fully saturated rings. The molecule has 0 saturated heterocycles. The van der Waals surface area contributed by atoms with E-state index in [2.05, 4.69) is 0 Å². The van der Waals surface area contributed by atoms with Crippen LogP contribution >= 0.6 is 0 Å². The van der Waals surface area contributed by atoms with Gasteiger partial charge in [0.15, 0.2) is 17.3 Å². The molecule has 1 aliphatic carbocycles. The van der Waals surface area contributed by atoms with Crippen molar-refractivity contribution in [2.24, 2.45) is 0 Å². The van der Waals surface area contributed by atoms with Crippen molar-refractivity contribution in [3.05, 3.63) is 76.3 Å². The molecule has 0 aromatic heterocycles. The van der Waals surface area contributed by atoms with Crippen molar-refractivity contribution in [2.45, 2.75) is 13.3 Å². The molecule has 0 aliphatic heterocycles. The Bertz CT molecular complexity index is 1200. The molecule has 0 spiro atoms. The smallest absolute Gasteiger partial charge is 0.198 e. The fourth-order valence-electron chi connectivity index (χ4n) is 3.63. The minimum Gasteiger partial charge on any atom is -0.507 e. The SMILES string of the molecule is CCc1ccc2c(c1)C(=O)c1c(O)cc(Oc3cccc(N(C)C)c3)c(N)c1C2=O. The number of benzene rings is 3. The number of hydrogen-bond donors (Lipinski definition) is 2. The molecule has 0 amide bonds. The molecule has 0 heterocycles. The maximum atomic E-state index is 13.2. The molecule has 3 aromatic rings. The van der Waals surface area contributed by atoms with E-state index >= 15 is 0 Å². The lowest BCUT2D eigenvalue weighted by Crippen LogP contribution is -2.23. The molecule has 3 N–H and O–H groups in total. The largest absolute Gasteiger partial charge is 0.507 e. The number of ether oxygens (including phenoxy) is 1. The predicted octanol–water partition coefficient (Wildman–Crippen LogP) is 4.17. The monoisotopic (exact) mass is 402 g/mol. The van der Waals surface area contributed by atoms with Crippen molar-refractivity contribution in [1.29, 1.82) is 0 Å². The summed E-state index contributed by atoms with van der Waals surface area (Å²) in [4.78, 5) is 28.2. The quantitative estimate of drug-likeness (QED) is 0.393. The molecule has 30 heavy (non-hydrogen) atoms. The van der Waals surface area contributed by atoms with E-state index < -0.39 is 11.6 Å². The van der Waals surface area contributed by atoms with Gasteiger partial charge in [0.25, 0.3) is 0 Å². The summed E-state index contributed by atoms with van der Waals surface area (Å²) < 4.78 is 5.88. The standard InChI is InChI=1S/C24H22N2O4/c1-4-13-8-9-16-17(10-13)24(29)20-18(27)12-19(22(25)21(20)23(16)28)30-15-7-5-6-14(11-15)26(2)3/h5-12,27H,4,25H2,1-3H3. The number of hydrogen-bond acceptors (Lipinski definition) is 6. The van der Waals surface area contributed by atoms with E-state index in [-0.39, 0.29) is 39.4 Å². The van der Waals surface area contributed by atoms with Gasteiger partial charge in [0.05, 0.1) is 16.8 Å². The Morgan fingerprint density at radius 1 is 0.967 bits per heavy atom. The highest BCUT2D eigenvalue weighted by Crippen LogP contribution is 2.43. The number of phenols is 1. The van der Waals surface area contributed by atoms with E-state index in [1.54, 1.807) is 18.2 Å². The number of carbonyl (C=O) groups excluding carboxylic acids is 2. The van der Waals surface area contributed by atoms with Crippen LogP contribution in [-0.2, 0) is 6.42 Å². The van der Waals surface area contributed by atoms with Gasteiger partial charge in [-0.2, -0.15) is 0 Å². The van der Waals surface area contributed by atoms with E-state index in [9.17, 15) is 14.7 Å². The number of ketones is 2. The third kappa shape index (κ3) is 3.06. The van der Waals surface area contributed by atoms with Crippen molar-refractivity contribution < 1.29 is 19.4 Å². The Morgan fingerprint density at radius 2 is 1.70 bits per heavy atom. The van der Waals surface area contributed by atoms with Gasteiger partial charge in [0, 0.05) is 43.0 Å². The Morgan fingerprint density at radius 3 is 2.40 bits per heavy atom. The first-order chi connectivity index (χ1) is 14.3. The van der Waals surface area contributed by atoms with Gasteiger partial charge in [0.1, 0.15) is 11.5 Å². The molecular weight excluding hydrogens is 380 g/mol. The van der Waals surface area contributed by atoms with Crippen LogP contribution in [-0.4, -0.2) is 30.8 Å². The second-order valence-electron chi connectivity index (χ2n) is 7.44. The molecule has 152 valence electrons. The molecule has 3 aromatic carbocycles. The first-order valence-electron chi connectivity index (χ1n) is 9.64. The van der Waals surface area contributed by atoms with Gasteiger partial charge < -0.3 is 20.5 Å². The van der Waals surface area contributed by atoms with Gasteiger partial charge in [-0.15, -0.1) is 0 Å². The molecule has 0 saturated carbocycles. The lowest BCUT2D eigenvalue weighted by molar-refractivity contribution is 0.0977. The molecular formula is C24H22N2O4. The number of fused-ring (bicyclic) bond motifs is 2. The number of aromatic hydroxyl groups is 1. The molecule has 6 nitrogen and oxygen atoms in total. The number of anilines is 2. The van der Waals surface area contributed by atoms with E-state index in [0.717, 1.165) is 17.7 Å². The zero-order valence-electron chi connectivity index (χ0n) is 17.0. The van der Waals surface area contributed by atoms with E-state index in [4.69, 9.17) is 10.5 Å². The molecule has 0 unspecified atom stereocenters. The summed E-state index contributed by atoms with van der Waals surface area (Å²) in [6.07, 6.45) is 0.731. The summed E-state index contributed by atoms with van der Waals surface area (Å²) >= 11 is 0. The maximum absolute atomic E-state index is 13.2. The van der Waals surface area contributed by atoms with Gasteiger partial charge in [0.2, 0.25) is 0 Å². The Balaban J connectivity index is 1.82. The second kappa shape index (κ2) is 7.22. The summed E-state index contributed by atoms with van der Waals surface area (Å²) in [6.45, 7) is 1.97. The van der Waals surface area contributed by atoms with Crippen molar-refractivity contribution in [1.82, 2.24) is 0 Å². The molecule has 0 bridgehead atoms. The van der Waals surface area contributed by atoms with Gasteiger partial charge in [-0.25, -0.2) is 0 Å². The molecule has 1 aliphatic rings. The zero-order valence-corrected chi connectivity index (χ0v) is 17.0. The van der Waals surface area contributed by atoms with Crippen LogP contribution in [0.5, 0.6) is 17.2 Å². The Labute approximate surface area is 174 Å². The van der Waals surface area contributed by atoms with Gasteiger partial charge in [-0.05, 0) is 30.2 Å². The fourth-order valence-corrected chi connectivity index (χ4v) is 3.63. The zero-order chi connectivity index (χ0) is 21.6. The number of nitrogen functional groups attached to an aromatic ring is 1. The van der Waals surface area contributed by atoms with Gasteiger partial charge in [-0.1, -0.05) is 25.1 Å². The van der Waals surface area contributed by atoms with Crippen molar-refractivity contribution in [3.63, 3.8) is 0 Å². The van der Waals surface area contributed by atoms with E-state index in [0.29, 0.717) is 5.75 Å². The lowest BCUT2D eigenvalue weighted by atomic mass is 9.81. The topological polar surface area (TPSA) is 92.9 Å². The number of carbonyl (C=O) groups is 2. The fraction of sp³-hybridized carbons (Fsp3) is 0.167. The van der Waals surface area contributed by atoms with Crippen LogP contribution in [0.2, 0.25) is 0 Å². The highest BCUT2D eigenvalue weighted by atomic mass is 16.5. The van der Waals surface area contributed by atoms with Crippen LogP contribution in [0, 0.1) is 0 Å². The first kappa shape index (κ1) is 19.5. The average Bonchev–Trinajstić information content (AvgIpc) is 2.74.